The number of carbonyl (C=O) groups excluding carboxylic acids is 2. The SMILES string of the molecule is CO/N=C(/C(=O)N[C@H]1C(=O)N2C(C(=O)O)=C(C[n+]3ccn4ccccc43)CS[C@@H]12)c1csc(N)n1. The maximum absolute atomic E-state index is 13.0. The fraction of sp³-hybridized carbons (Fsp3) is 0.238. The lowest BCUT2D eigenvalue weighted by Crippen LogP contribution is -2.71. The number of aliphatic carboxylic acids is 1. The van der Waals surface area contributed by atoms with Crippen LogP contribution in [-0.2, 0) is 25.8 Å². The Kier molecular flexibility index (Phi) is 5.90. The van der Waals surface area contributed by atoms with Gasteiger partial charge in [-0.1, -0.05) is 11.2 Å². The summed E-state index contributed by atoms with van der Waals surface area (Å²) in [5.41, 5.74) is 7.19. The number of carbonyl (C=O) groups is 3. The van der Waals surface area contributed by atoms with Crippen LogP contribution >= 0.6 is 23.1 Å². The largest absolute Gasteiger partial charge is 0.477 e. The van der Waals surface area contributed by atoms with Crippen molar-refractivity contribution in [1.82, 2.24) is 19.6 Å². The van der Waals surface area contributed by atoms with E-state index in [1.54, 1.807) is 5.38 Å². The second-order valence-electron chi connectivity index (χ2n) is 7.70. The lowest BCUT2D eigenvalue weighted by Gasteiger charge is -2.49. The number of nitrogens with two attached hydrogens (primary N) is 1. The van der Waals surface area contributed by atoms with Crippen molar-refractivity contribution >= 4 is 57.4 Å². The van der Waals surface area contributed by atoms with Gasteiger partial charge in [0, 0.05) is 22.8 Å². The highest BCUT2D eigenvalue weighted by Crippen LogP contribution is 2.40. The first-order valence-corrected chi connectivity index (χ1v) is 12.3. The molecule has 0 aromatic carbocycles. The molecule has 0 unspecified atom stereocenters. The molecule has 5 heterocycles. The molecule has 2 atom stereocenters. The molecule has 3 aromatic rings. The van der Waals surface area contributed by atoms with Crippen LogP contribution in [0.5, 0.6) is 0 Å². The summed E-state index contributed by atoms with van der Waals surface area (Å²) in [5, 5.41) is 17.6. The number of imidazole rings is 1. The molecule has 0 spiro atoms. The normalized spacial score (nSPS) is 20.0. The molecule has 14 heteroatoms. The zero-order valence-electron chi connectivity index (χ0n) is 18.3. The summed E-state index contributed by atoms with van der Waals surface area (Å²) in [6.07, 6.45) is 5.64. The first kappa shape index (κ1) is 22.9. The van der Waals surface area contributed by atoms with Crippen molar-refractivity contribution in [3.05, 3.63) is 59.1 Å². The number of anilines is 1. The van der Waals surface area contributed by atoms with Crippen molar-refractivity contribution in [3.63, 3.8) is 0 Å². The number of pyridine rings is 1. The van der Waals surface area contributed by atoms with Crippen LogP contribution in [0.15, 0.2) is 58.6 Å². The summed E-state index contributed by atoms with van der Waals surface area (Å²) >= 11 is 2.53. The highest BCUT2D eigenvalue weighted by molar-refractivity contribution is 8.00. The van der Waals surface area contributed by atoms with Gasteiger partial charge < -0.3 is 21.0 Å². The molecule has 35 heavy (non-hydrogen) atoms. The van der Waals surface area contributed by atoms with Crippen LogP contribution in [0.25, 0.3) is 5.65 Å². The smallest absolute Gasteiger partial charge is 0.352 e. The number of β-lactam (4-membered cyclic amide) rings is 1. The van der Waals surface area contributed by atoms with Gasteiger partial charge in [-0.05, 0) is 6.07 Å². The molecule has 2 aliphatic rings. The molecular weight excluding hydrogens is 494 g/mol. The Labute approximate surface area is 206 Å². The molecule has 2 amide bonds. The minimum atomic E-state index is -1.19. The minimum absolute atomic E-state index is 0.0508. The molecule has 1 fully saturated rings. The van der Waals surface area contributed by atoms with E-state index >= 15 is 0 Å². The number of thioether (sulfide) groups is 1. The van der Waals surface area contributed by atoms with E-state index in [0.717, 1.165) is 17.0 Å². The third-order valence-corrected chi connectivity index (χ3v) is 7.64. The first-order chi connectivity index (χ1) is 16.9. The van der Waals surface area contributed by atoms with Gasteiger partial charge in [0.25, 0.3) is 17.5 Å². The van der Waals surface area contributed by atoms with Gasteiger partial charge in [-0.2, -0.15) is 0 Å². The number of nitrogens with zero attached hydrogens (tertiary/aromatic N) is 5. The number of nitrogens with one attached hydrogen (secondary N) is 1. The molecule has 1 saturated heterocycles. The molecule has 0 bridgehead atoms. The summed E-state index contributed by atoms with van der Waals surface area (Å²) in [5.74, 6) is -1.97. The van der Waals surface area contributed by atoms with Crippen LogP contribution in [0.4, 0.5) is 5.13 Å². The summed E-state index contributed by atoms with van der Waals surface area (Å²) < 4.78 is 3.85. The number of rotatable bonds is 7. The van der Waals surface area contributed by atoms with Crippen molar-refractivity contribution in [2.45, 2.75) is 18.0 Å². The van der Waals surface area contributed by atoms with E-state index < -0.39 is 29.2 Å². The zero-order chi connectivity index (χ0) is 24.7. The van der Waals surface area contributed by atoms with Crippen molar-refractivity contribution < 1.29 is 28.9 Å². The minimum Gasteiger partial charge on any atom is -0.477 e. The molecule has 2 aliphatic heterocycles. The van der Waals surface area contributed by atoms with Gasteiger partial charge in [0.05, 0.1) is 6.20 Å². The van der Waals surface area contributed by atoms with E-state index in [1.807, 2.05) is 45.8 Å². The van der Waals surface area contributed by atoms with Crippen molar-refractivity contribution in [3.8, 4) is 0 Å². The number of thiazole rings is 1. The maximum Gasteiger partial charge on any atom is 0.352 e. The summed E-state index contributed by atoms with van der Waals surface area (Å²) in [7, 11) is 1.29. The highest BCUT2D eigenvalue weighted by Gasteiger charge is 2.54. The fourth-order valence-electron chi connectivity index (χ4n) is 4.09. The van der Waals surface area contributed by atoms with Gasteiger partial charge in [0.2, 0.25) is 0 Å². The number of hydrogen-bond acceptors (Lipinski definition) is 9. The Morgan fingerprint density at radius 1 is 1.40 bits per heavy atom. The Morgan fingerprint density at radius 3 is 2.94 bits per heavy atom. The van der Waals surface area contributed by atoms with E-state index in [2.05, 4.69) is 15.5 Å². The molecule has 5 rings (SSSR count). The molecular formula is C21H20N7O5S2+. The number of oxime groups is 1. The third-order valence-electron chi connectivity index (χ3n) is 5.63. The third kappa shape index (κ3) is 4.00. The van der Waals surface area contributed by atoms with Gasteiger partial charge in [-0.3, -0.25) is 14.5 Å². The number of hydrogen-bond donors (Lipinski definition) is 3. The predicted molar refractivity (Wildman–Crippen MR) is 127 cm³/mol. The number of amides is 2. The molecule has 3 aromatic heterocycles. The topological polar surface area (TPSA) is 156 Å². The van der Waals surface area contributed by atoms with E-state index in [-0.39, 0.29) is 22.2 Å². The average Bonchev–Trinajstić information content (AvgIpc) is 3.46. The maximum atomic E-state index is 13.0. The van der Waals surface area contributed by atoms with Crippen LogP contribution in [0, 0.1) is 0 Å². The quantitative estimate of drug-likeness (QED) is 0.173. The van der Waals surface area contributed by atoms with Crippen molar-refractivity contribution in [2.75, 3.05) is 18.6 Å². The summed E-state index contributed by atoms with van der Waals surface area (Å²) in [4.78, 5) is 48.1. The molecule has 4 N–H and O–H groups in total. The summed E-state index contributed by atoms with van der Waals surface area (Å²) in [6.45, 7) is 0.318. The molecule has 12 nitrogen and oxygen atoms in total. The highest BCUT2D eigenvalue weighted by atomic mass is 32.2. The number of carboxylic acid groups (broad SMARTS) is 1. The van der Waals surface area contributed by atoms with E-state index in [0.29, 0.717) is 17.9 Å². The average molecular weight is 515 g/mol. The van der Waals surface area contributed by atoms with Gasteiger partial charge in [-0.15, -0.1) is 23.1 Å². The first-order valence-electron chi connectivity index (χ1n) is 10.4. The van der Waals surface area contributed by atoms with E-state index in [4.69, 9.17) is 10.6 Å². The Bertz CT molecular complexity index is 1410. The predicted octanol–water partition coefficient (Wildman–Crippen LogP) is 0.0548. The number of aromatic nitrogens is 3. The van der Waals surface area contributed by atoms with Gasteiger partial charge in [-0.25, -0.2) is 18.7 Å². The Balaban J connectivity index is 1.37. The van der Waals surface area contributed by atoms with Crippen LogP contribution in [-0.4, -0.2) is 67.2 Å². The van der Waals surface area contributed by atoms with Gasteiger partial charge in [0.15, 0.2) is 10.8 Å². The lowest BCUT2D eigenvalue weighted by atomic mass is 10.0. The molecule has 180 valence electrons. The number of nitrogen functional groups attached to an aromatic ring is 1. The Morgan fingerprint density at radius 2 is 2.23 bits per heavy atom. The number of fused-ring (bicyclic) bond motifs is 2. The van der Waals surface area contributed by atoms with Crippen LogP contribution in [0.1, 0.15) is 5.69 Å². The lowest BCUT2D eigenvalue weighted by molar-refractivity contribution is -0.662. The molecule has 0 aliphatic carbocycles. The standard InChI is InChI=1S/C21H19N7O5S2/c1-33-25-14(12-10-35-21(22)23-12)17(29)24-15-18(30)28-16(20(31)32)11(9-34-19(15)28)8-27-7-6-26-5-3-2-4-13(26)27/h2-7,10,15,19H,8-9H2,1H3,(H3-,22,23,24,29,31,32)/p+1/b25-14+/t15-,19-/m0/s1. The van der Waals surface area contributed by atoms with Gasteiger partial charge >= 0.3 is 5.97 Å². The molecule has 0 radical (unpaired) electrons. The molecule has 0 saturated carbocycles. The van der Waals surface area contributed by atoms with Crippen LogP contribution in [0.2, 0.25) is 0 Å². The van der Waals surface area contributed by atoms with E-state index in [1.165, 1.54) is 23.8 Å². The van der Waals surface area contributed by atoms with Crippen molar-refractivity contribution in [1.29, 1.82) is 0 Å². The Hall–Kier alpha value is -3.91. The summed E-state index contributed by atoms with van der Waals surface area (Å²) in [6, 6.07) is 4.82. The zero-order valence-corrected chi connectivity index (χ0v) is 20.0. The van der Waals surface area contributed by atoms with Crippen LogP contribution in [0.3, 0.4) is 0 Å². The monoisotopic (exact) mass is 514 g/mol. The van der Waals surface area contributed by atoms with Crippen LogP contribution < -0.4 is 15.6 Å². The second kappa shape index (κ2) is 9.03. The second-order valence-corrected chi connectivity index (χ2v) is 9.70. The van der Waals surface area contributed by atoms with E-state index in [9.17, 15) is 19.5 Å². The van der Waals surface area contributed by atoms with Crippen molar-refractivity contribution in [2.24, 2.45) is 5.16 Å². The number of carboxylic acids is 1. The fourth-order valence-corrected chi connectivity index (χ4v) is 5.97. The van der Waals surface area contributed by atoms with Gasteiger partial charge in [0.1, 0.15) is 48.9 Å².